The second-order valence-electron chi connectivity index (χ2n) is 5.47. The number of hydrogen-bond acceptors (Lipinski definition) is 4. The summed E-state index contributed by atoms with van der Waals surface area (Å²) in [5, 5.41) is 4.18. The maximum absolute atomic E-state index is 12.2. The van der Waals surface area contributed by atoms with Crippen LogP contribution < -0.4 is 0 Å². The number of rotatable bonds is 4. The van der Waals surface area contributed by atoms with Gasteiger partial charge in [-0.25, -0.2) is 4.98 Å². The third-order valence-corrected chi connectivity index (χ3v) is 4.04. The summed E-state index contributed by atoms with van der Waals surface area (Å²) in [6.07, 6.45) is 3.70. The van der Waals surface area contributed by atoms with Gasteiger partial charge in [0.15, 0.2) is 0 Å². The molecule has 116 valence electrons. The summed E-state index contributed by atoms with van der Waals surface area (Å²) in [6, 6.07) is 7.92. The fourth-order valence-corrected chi connectivity index (χ4v) is 2.98. The van der Waals surface area contributed by atoms with Crippen LogP contribution in [0.5, 0.6) is 0 Å². The lowest BCUT2D eigenvalue weighted by Crippen LogP contribution is -2.33. The third kappa shape index (κ3) is 2.74. The number of hydrogen-bond donors (Lipinski definition) is 0. The van der Waals surface area contributed by atoms with Crippen molar-refractivity contribution in [2.45, 2.75) is 18.9 Å². The molecule has 6 nitrogen and oxygen atoms in total. The van der Waals surface area contributed by atoms with Crippen LogP contribution in [0.3, 0.4) is 0 Å². The number of amides is 1. The monoisotopic (exact) mass is 300 g/mol. The van der Waals surface area contributed by atoms with E-state index in [0.717, 1.165) is 36.5 Å². The second-order valence-corrected chi connectivity index (χ2v) is 5.47. The Hall–Kier alpha value is -2.21. The number of carbonyl (C=O) groups excluding carboxylic acids is 1. The molecule has 2 aromatic heterocycles. The average molecular weight is 300 g/mol. The summed E-state index contributed by atoms with van der Waals surface area (Å²) in [7, 11) is 3.44. The fraction of sp³-hybridized carbons (Fsp3) is 0.438. The molecule has 0 saturated carbocycles. The summed E-state index contributed by atoms with van der Waals surface area (Å²) in [5.41, 5.74) is 2.78. The van der Waals surface area contributed by atoms with Gasteiger partial charge in [0.25, 0.3) is 0 Å². The first-order valence-electron chi connectivity index (χ1n) is 7.44. The van der Waals surface area contributed by atoms with Crippen LogP contribution >= 0.6 is 0 Å². The van der Waals surface area contributed by atoms with Gasteiger partial charge in [-0.3, -0.25) is 9.48 Å². The molecule has 1 fully saturated rings. The van der Waals surface area contributed by atoms with Crippen molar-refractivity contribution in [2.24, 2.45) is 7.05 Å². The number of nitrogens with zero attached hydrogens (tertiary/aromatic N) is 4. The molecule has 0 aromatic carbocycles. The van der Waals surface area contributed by atoms with Gasteiger partial charge in [0.2, 0.25) is 5.91 Å². The molecule has 0 N–H and O–H groups in total. The van der Waals surface area contributed by atoms with Crippen LogP contribution in [0.1, 0.15) is 24.6 Å². The van der Waals surface area contributed by atoms with Crippen LogP contribution in [0.25, 0.3) is 11.4 Å². The van der Waals surface area contributed by atoms with E-state index in [1.54, 1.807) is 18.0 Å². The Morgan fingerprint density at radius 3 is 3.00 bits per heavy atom. The highest BCUT2D eigenvalue weighted by atomic mass is 16.5. The fourth-order valence-electron chi connectivity index (χ4n) is 2.98. The van der Waals surface area contributed by atoms with Gasteiger partial charge < -0.3 is 9.64 Å². The van der Waals surface area contributed by atoms with Gasteiger partial charge >= 0.3 is 0 Å². The van der Waals surface area contributed by atoms with Crippen LogP contribution in [0.4, 0.5) is 0 Å². The van der Waals surface area contributed by atoms with Crippen LogP contribution in [-0.4, -0.2) is 45.8 Å². The number of aryl methyl sites for hydroxylation is 1. The predicted octanol–water partition coefficient (Wildman–Crippen LogP) is 1.79. The molecule has 3 rings (SSSR count). The summed E-state index contributed by atoms with van der Waals surface area (Å²) in [4.78, 5) is 18.8. The summed E-state index contributed by atoms with van der Waals surface area (Å²) >= 11 is 0. The minimum atomic E-state index is 0.0257. The van der Waals surface area contributed by atoms with E-state index in [0.29, 0.717) is 0 Å². The number of methoxy groups -OCH3 is 1. The van der Waals surface area contributed by atoms with Crippen molar-refractivity contribution in [1.82, 2.24) is 19.7 Å². The molecule has 1 amide bonds. The third-order valence-electron chi connectivity index (χ3n) is 4.04. The van der Waals surface area contributed by atoms with Crippen molar-refractivity contribution in [3.8, 4) is 11.4 Å². The van der Waals surface area contributed by atoms with Crippen LogP contribution in [-0.2, 0) is 16.6 Å². The van der Waals surface area contributed by atoms with Gasteiger partial charge in [-0.2, -0.15) is 5.10 Å². The van der Waals surface area contributed by atoms with Crippen molar-refractivity contribution < 1.29 is 9.53 Å². The van der Waals surface area contributed by atoms with Gasteiger partial charge in [0.05, 0.1) is 23.1 Å². The zero-order chi connectivity index (χ0) is 15.5. The molecule has 0 spiro atoms. The van der Waals surface area contributed by atoms with Crippen molar-refractivity contribution in [1.29, 1.82) is 0 Å². The molecule has 2 aromatic rings. The lowest BCUT2D eigenvalue weighted by Gasteiger charge is -2.24. The predicted molar refractivity (Wildman–Crippen MR) is 82.0 cm³/mol. The highest BCUT2D eigenvalue weighted by molar-refractivity contribution is 5.78. The Bertz CT molecular complexity index is 668. The zero-order valence-corrected chi connectivity index (χ0v) is 12.9. The van der Waals surface area contributed by atoms with Gasteiger partial charge in [-0.15, -0.1) is 0 Å². The van der Waals surface area contributed by atoms with Crippen molar-refractivity contribution in [2.75, 3.05) is 20.3 Å². The first-order chi connectivity index (χ1) is 10.7. The lowest BCUT2D eigenvalue weighted by molar-refractivity contribution is -0.136. The van der Waals surface area contributed by atoms with Crippen LogP contribution in [0, 0.1) is 0 Å². The van der Waals surface area contributed by atoms with Gasteiger partial charge in [-0.05, 0) is 31.0 Å². The molecule has 3 heterocycles. The maximum atomic E-state index is 12.2. The topological polar surface area (TPSA) is 60.2 Å². The first kappa shape index (κ1) is 14.7. The Kier molecular flexibility index (Phi) is 4.20. The second kappa shape index (κ2) is 6.27. The standard InChI is InChI=1S/C16H20N4O2/c1-19-14(8-9-17-19)12-5-3-6-13(18-12)15-7-4-10-20(15)16(21)11-22-2/h3,5-6,8-9,15H,4,7,10-11H2,1-2H3. The minimum Gasteiger partial charge on any atom is -0.375 e. The molecule has 1 atom stereocenters. The van der Waals surface area contributed by atoms with E-state index in [9.17, 15) is 4.79 Å². The van der Waals surface area contributed by atoms with Gasteiger partial charge in [0, 0.05) is 26.9 Å². The molecule has 1 aliphatic rings. The molecular formula is C16H20N4O2. The molecule has 1 saturated heterocycles. The van der Waals surface area contributed by atoms with E-state index in [1.807, 2.05) is 36.2 Å². The number of carbonyl (C=O) groups is 1. The van der Waals surface area contributed by atoms with Crippen LogP contribution in [0.15, 0.2) is 30.5 Å². The molecule has 1 aliphatic heterocycles. The lowest BCUT2D eigenvalue weighted by atomic mass is 10.1. The highest BCUT2D eigenvalue weighted by Gasteiger charge is 2.30. The zero-order valence-electron chi connectivity index (χ0n) is 12.9. The minimum absolute atomic E-state index is 0.0257. The molecule has 0 bridgehead atoms. The molecule has 6 heteroatoms. The van der Waals surface area contributed by atoms with E-state index in [1.165, 1.54) is 0 Å². The van der Waals surface area contributed by atoms with Gasteiger partial charge in [0.1, 0.15) is 6.61 Å². The largest absolute Gasteiger partial charge is 0.375 e. The Labute approximate surface area is 129 Å². The normalized spacial score (nSPS) is 17.9. The van der Waals surface area contributed by atoms with E-state index in [2.05, 4.69) is 5.10 Å². The quantitative estimate of drug-likeness (QED) is 0.864. The Balaban J connectivity index is 1.88. The molecule has 22 heavy (non-hydrogen) atoms. The Morgan fingerprint density at radius 1 is 1.41 bits per heavy atom. The van der Waals surface area contributed by atoms with Crippen LogP contribution in [0.2, 0.25) is 0 Å². The summed E-state index contributed by atoms with van der Waals surface area (Å²) in [5.74, 6) is 0.0257. The van der Waals surface area contributed by atoms with Crippen molar-refractivity contribution in [3.63, 3.8) is 0 Å². The number of likely N-dealkylation sites (tertiary alicyclic amines) is 1. The van der Waals surface area contributed by atoms with E-state index < -0.39 is 0 Å². The van der Waals surface area contributed by atoms with E-state index in [4.69, 9.17) is 9.72 Å². The molecule has 1 unspecified atom stereocenters. The number of aromatic nitrogens is 3. The first-order valence-corrected chi connectivity index (χ1v) is 7.44. The van der Waals surface area contributed by atoms with E-state index >= 15 is 0 Å². The van der Waals surface area contributed by atoms with Gasteiger partial charge in [-0.1, -0.05) is 6.07 Å². The summed E-state index contributed by atoms with van der Waals surface area (Å²) in [6.45, 7) is 0.891. The van der Waals surface area contributed by atoms with E-state index in [-0.39, 0.29) is 18.6 Å². The summed E-state index contributed by atoms with van der Waals surface area (Å²) < 4.78 is 6.78. The molecular weight excluding hydrogens is 280 g/mol. The van der Waals surface area contributed by atoms with Crippen molar-refractivity contribution in [3.05, 3.63) is 36.2 Å². The highest BCUT2D eigenvalue weighted by Crippen LogP contribution is 2.31. The SMILES string of the molecule is COCC(=O)N1CCCC1c1cccc(-c2ccnn2C)n1. The molecule has 0 aliphatic carbocycles. The van der Waals surface area contributed by atoms with Crippen molar-refractivity contribution >= 4 is 5.91 Å². The number of pyridine rings is 1. The smallest absolute Gasteiger partial charge is 0.249 e. The molecule has 0 radical (unpaired) electrons. The Morgan fingerprint density at radius 2 is 2.27 bits per heavy atom. The number of ether oxygens (including phenoxy) is 1. The average Bonchev–Trinajstić information content (AvgIpc) is 3.16. The maximum Gasteiger partial charge on any atom is 0.249 e.